The van der Waals surface area contributed by atoms with E-state index in [4.69, 9.17) is 12.2 Å². The van der Waals surface area contributed by atoms with Crippen LogP contribution < -0.4 is 0 Å². The summed E-state index contributed by atoms with van der Waals surface area (Å²) >= 11 is -3.29. The summed E-state index contributed by atoms with van der Waals surface area (Å²) in [5.41, 5.74) is 0. The van der Waals surface area contributed by atoms with Gasteiger partial charge in [-0.3, -0.25) is 0 Å². The Labute approximate surface area is 49.2 Å². The predicted octanol–water partition coefficient (Wildman–Crippen LogP) is -1.62. The molecule has 0 aliphatic heterocycles. The maximum atomic E-state index is 8.76. The second-order valence-electron chi connectivity index (χ2n) is 0.231. The molecule has 0 aliphatic carbocycles. The molecule has 2 N–H and O–H groups in total. The average Bonchev–Trinajstić information content (AvgIpc) is 0.811. The monoisotopic (exact) mass is 327 g/mol. The van der Waals surface area contributed by atoms with E-state index < -0.39 is 14.5 Å². The zero-order valence-electron chi connectivity index (χ0n) is 2.01. The van der Waals surface area contributed by atoms with Crippen LogP contribution in [0.3, 0.4) is 0 Å². The van der Waals surface area contributed by atoms with Crippen molar-refractivity contribution in [2.45, 2.75) is 0 Å². The normalized spacial score (nSPS) is 7.00. The average molecular weight is 326 g/mol. The summed E-state index contributed by atoms with van der Waals surface area (Å²) in [6.07, 6.45) is 0. The van der Waals surface area contributed by atoms with Crippen molar-refractivity contribution < 1.29 is 34.6 Å². The van der Waals surface area contributed by atoms with E-state index in [1.54, 1.807) is 0 Å². The van der Waals surface area contributed by atoms with Crippen LogP contribution in [-0.4, -0.2) is 22.9 Å². The Hall–Kier alpha value is 0.980. The maximum Gasteiger partial charge on any atom is 0 e. The molecule has 0 fully saturated rings. The van der Waals surface area contributed by atoms with Gasteiger partial charge in [0.15, 0.2) is 0 Å². The van der Waals surface area contributed by atoms with Crippen LogP contribution in [0.15, 0.2) is 0 Å². The molecule has 1 radical (unpaired) electrons. The zero-order valence-corrected chi connectivity index (χ0v) is 5.89. The molecule has 0 aliphatic rings. The molecule has 0 heterocycles. The smallest absolute Gasteiger partial charge is 0 e. The van der Waals surface area contributed by atoms with Gasteiger partial charge in [-0.1, -0.05) is 0 Å². The van der Waals surface area contributed by atoms with Crippen LogP contribution in [-0.2, 0) is 26.2 Å². The second kappa shape index (κ2) is 4.98. The minimum absolute atomic E-state index is 0. The van der Waals surface area contributed by atoms with Crippen molar-refractivity contribution >= 4 is 14.5 Å². The van der Waals surface area contributed by atoms with Crippen molar-refractivity contribution in [1.29, 1.82) is 0 Å². The Morgan fingerprint density at radius 2 is 1.40 bits per heavy atom. The van der Waals surface area contributed by atoms with Gasteiger partial charge in [0.1, 0.15) is 0 Å². The van der Waals surface area contributed by atoms with Gasteiger partial charge in [0.05, 0.1) is 0 Å². The molecule has 5 heteroatoms. The second-order valence-corrected chi connectivity index (χ2v) is 1.20. The van der Waals surface area contributed by atoms with E-state index >= 15 is 0 Å². The minimum atomic E-state index is -3.29. The van der Waals surface area contributed by atoms with Crippen LogP contribution in [0.2, 0.25) is 0 Å². The van der Waals surface area contributed by atoms with Gasteiger partial charge in [-0.25, -0.2) is 0 Å². The summed E-state index contributed by atoms with van der Waals surface area (Å²) in [7, 11) is 0. The Morgan fingerprint density at radius 3 is 1.40 bits per heavy atom. The van der Waals surface area contributed by atoms with Gasteiger partial charge in [0.2, 0.25) is 0 Å². The van der Waals surface area contributed by atoms with E-state index in [-0.39, 0.29) is 22.4 Å². The Balaban J connectivity index is 0. The molecule has 0 spiro atoms. The molecule has 37 valence electrons. The van der Waals surface area contributed by atoms with Crippen molar-refractivity contribution in [1.82, 2.24) is 0 Å². The quantitative estimate of drug-likeness (QED) is 0.527. The SMILES string of the molecule is O=[Se](O)O.[Au]. The number of rotatable bonds is 0. The molecule has 0 aromatic rings. The maximum absolute atomic E-state index is 8.76. The van der Waals surface area contributed by atoms with E-state index in [2.05, 4.69) is 0 Å². The molecule has 0 atom stereocenters. The molecule has 0 saturated heterocycles. The van der Waals surface area contributed by atoms with Crippen LogP contribution in [0.1, 0.15) is 0 Å². The van der Waals surface area contributed by atoms with Gasteiger partial charge in [0.25, 0.3) is 0 Å². The minimum Gasteiger partial charge on any atom is 0 e. The van der Waals surface area contributed by atoms with Crippen LogP contribution >= 0.6 is 0 Å². The van der Waals surface area contributed by atoms with Crippen molar-refractivity contribution in [3.05, 3.63) is 0 Å². The third-order valence-corrected chi connectivity index (χ3v) is 0. The predicted molar refractivity (Wildman–Crippen MR) is 10.9 cm³/mol. The van der Waals surface area contributed by atoms with Gasteiger partial charge in [-0.15, -0.1) is 0 Å². The van der Waals surface area contributed by atoms with Crippen LogP contribution in [0, 0.1) is 0 Å². The van der Waals surface area contributed by atoms with Gasteiger partial charge >= 0.3 is 26.7 Å². The molecular formula is H2AuO3Se. The van der Waals surface area contributed by atoms with Crippen molar-refractivity contribution in [3.8, 4) is 0 Å². The van der Waals surface area contributed by atoms with E-state index in [9.17, 15) is 0 Å². The molecule has 0 amide bonds. The van der Waals surface area contributed by atoms with Crippen LogP contribution in [0.5, 0.6) is 0 Å². The Bertz CT molecular complexity index is 29.9. The molecule has 0 aromatic heterocycles. The molecular weight excluding hydrogens is 324 g/mol. The third-order valence-electron chi connectivity index (χ3n) is 0. The molecule has 0 aromatic carbocycles. The van der Waals surface area contributed by atoms with E-state index in [1.165, 1.54) is 0 Å². The molecule has 0 saturated carbocycles. The summed E-state index contributed by atoms with van der Waals surface area (Å²) in [6.45, 7) is 0. The first-order valence-corrected chi connectivity index (χ1v) is 2.76. The van der Waals surface area contributed by atoms with Gasteiger partial charge in [-0.2, -0.15) is 0 Å². The van der Waals surface area contributed by atoms with Gasteiger partial charge < -0.3 is 0 Å². The molecule has 3 nitrogen and oxygen atoms in total. The van der Waals surface area contributed by atoms with E-state index in [1.807, 2.05) is 0 Å². The first-order valence-electron chi connectivity index (χ1n) is 0.532. The molecule has 0 rings (SSSR count). The fourth-order valence-corrected chi connectivity index (χ4v) is 0. The fourth-order valence-electron chi connectivity index (χ4n) is 0. The summed E-state index contributed by atoms with van der Waals surface area (Å²) < 4.78 is 23.1. The zero-order chi connectivity index (χ0) is 3.58. The number of hydrogen-bond donors (Lipinski definition) is 2. The standard InChI is InChI=1S/Au.H2O3Se/c;1-4(2)3/h;(H2,1,2,3). The Morgan fingerprint density at radius 1 is 1.40 bits per heavy atom. The van der Waals surface area contributed by atoms with Crippen LogP contribution in [0.4, 0.5) is 0 Å². The van der Waals surface area contributed by atoms with Gasteiger partial charge in [-0.05, 0) is 0 Å². The molecule has 0 unspecified atom stereocenters. The summed E-state index contributed by atoms with van der Waals surface area (Å²) in [5.74, 6) is 0. The topological polar surface area (TPSA) is 57.5 Å². The first kappa shape index (κ1) is 9.36. The van der Waals surface area contributed by atoms with Crippen molar-refractivity contribution in [2.24, 2.45) is 0 Å². The first-order chi connectivity index (χ1) is 1.73. The molecule has 5 heavy (non-hydrogen) atoms. The van der Waals surface area contributed by atoms with Crippen LogP contribution in [0.25, 0.3) is 0 Å². The third kappa shape index (κ3) is 46.1. The summed E-state index contributed by atoms with van der Waals surface area (Å²) in [4.78, 5) is 0. The fraction of sp³-hybridized carbons (Fsp3) is 0. The molecule has 0 bridgehead atoms. The summed E-state index contributed by atoms with van der Waals surface area (Å²) in [5, 5.41) is 0. The largest absolute Gasteiger partial charge is 0 e. The van der Waals surface area contributed by atoms with Gasteiger partial charge in [0, 0.05) is 22.4 Å². The Kier molecular flexibility index (Phi) is 9.32. The summed E-state index contributed by atoms with van der Waals surface area (Å²) in [6, 6.07) is 0. The van der Waals surface area contributed by atoms with Crippen molar-refractivity contribution in [3.63, 3.8) is 0 Å². The van der Waals surface area contributed by atoms with E-state index in [0.29, 0.717) is 0 Å². The number of hydrogen-bond acceptors (Lipinski definition) is 1. The van der Waals surface area contributed by atoms with E-state index in [0.717, 1.165) is 0 Å². The van der Waals surface area contributed by atoms with Crippen molar-refractivity contribution in [2.75, 3.05) is 0 Å².